The van der Waals surface area contributed by atoms with Crippen molar-refractivity contribution in [3.8, 4) is 0 Å². The third-order valence-electron chi connectivity index (χ3n) is 6.00. The Morgan fingerprint density at radius 1 is 1.36 bits per heavy atom. The first kappa shape index (κ1) is 18.2. The molecule has 0 spiro atoms. The Labute approximate surface area is 151 Å². The molecule has 6 nitrogen and oxygen atoms in total. The van der Waals surface area contributed by atoms with E-state index in [1.54, 1.807) is 0 Å². The van der Waals surface area contributed by atoms with E-state index in [9.17, 15) is 0 Å². The summed E-state index contributed by atoms with van der Waals surface area (Å²) >= 11 is 0. The van der Waals surface area contributed by atoms with Crippen LogP contribution >= 0.6 is 0 Å². The molecule has 0 radical (unpaired) electrons. The monoisotopic (exact) mass is 346 g/mol. The summed E-state index contributed by atoms with van der Waals surface area (Å²) in [6.45, 7) is 8.52. The zero-order chi connectivity index (χ0) is 17.9. The summed E-state index contributed by atoms with van der Waals surface area (Å²) in [5.74, 6) is 3.40. The Hall–Kier alpha value is -1.59. The van der Waals surface area contributed by atoms with Gasteiger partial charge in [0, 0.05) is 32.0 Å². The van der Waals surface area contributed by atoms with Crippen molar-refractivity contribution >= 4 is 5.96 Å². The van der Waals surface area contributed by atoms with Gasteiger partial charge in [0.25, 0.3) is 0 Å². The van der Waals surface area contributed by atoms with Gasteiger partial charge in [-0.05, 0) is 31.1 Å². The Bertz CT molecular complexity index is 597. The first-order valence-corrected chi connectivity index (χ1v) is 9.96. The van der Waals surface area contributed by atoms with Crippen molar-refractivity contribution in [3.05, 3.63) is 11.6 Å². The standard InChI is InChI=1S/C19H34N6/c1-5-19(10-6-7-11-19)13-21-18(20-4)22-15-8-9-16-23-17(14(2)3)24-25(16)12-15/h14-15H,5-13H2,1-4H3,(H2,20,21,22). The second kappa shape index (κ2) is 7.75. The molecule has 1 aliphatic carbocycles. The van der Waals surface area contributed by atoms with Gasteiger partial charge in [0.05, 0.1) is 6.54 Å². The number of rotatable bonds is 5. The normalized spacial score (nSPS) is 22.9. The summed E-state index contributed by atoms with van der Waals surface area (Å²) in [5, 5.41) is 11.9. The van der Waals surface area contributed by atoms with Crippen molar-refractivity contribution < 1.29 is 0 Å². The van der Waals surface area contributed by atoms with Crippen LogP contribution in [0.5, 0.6) is 0 Å². The molecule has 6 heteroatoms. The minimum absolute atomic E-state index is 0.363. The zero-order valence-electron chi connectivity index (χ0n) is 16.3. The van der Waals surface area contributed by atoms with Crippen LogP contribution < -0.4 is 10.6 Å². The molecule has 1 fully saturated rings. The van der Waals surface area contributed by atoms with Gasteiger partial charge in [0.15, 0.2) is 11.8 Å². The molecule has 1 unspecified atom stereocenters. The third kappa shape index (κ3) is 4.15. The van der Waals surface area contributed by atoms with Crippen LogP contribution in [0.4, 0.5) is 0 Å². The number of aromatic nitrogens is 3. The van der Waals surface area contributed by atoms with Gasteiger partial charge in [-0.3, -0.25) is 4.99 Å². The molecule has 2 heterocycles. The molecule has 25 heavy (non-hydrogen) atoms. The van der Waals surface area contributed by atoms with Crippen molar-refractivity contribution in [3.63, 3.8) is 0 Å². The summed E-state index contributed by atoms with van der Waals surface area (Å²) in [6, 6.07) is 0.363. The van der Waals surface area contributed by atoms with Crippen molar-refractivity contribution in [1.29, 1.82) is 0 Å². The number of guanidine groups is 1. The number of hydrogen-bond acceptors (Lipinski definition) is 3. The molecule has 1 aliphatic heterocycles. The Morgan fingerprint density at radius 3 is 2.76 bits per heavy atom. The molecule has 0 bridgehead atoms. The molecule has 0 amide bonds. The van der Waals surface area contributed by atoms with E-state index in [2.05, 4.69) is 51.2 Å². The maximum absolute atomic E-state index is 4.67. The minimum atomic E-state index is 0.363. The van der Waals surface area contributed by atoms with Crippen LogP contribution in [0.15, 0.2) is 4.99 Å². The average molecular weight is 347 g/mol. The lowest BCUT2D eigenvalue weighted by Crippen LogP contribution is -2.49. The lowest BCUT2D eigenvalue weighted by molar-refractivity contribution is 0.282. The predicted molar refractivity (Wildman–Crippen MR) is 102 cm³/mol. The van der Waals surface area contributed by atoms with Gasteiger partial charge in [0.1, 0.15) is 5.82 Å². The van der Waals surface area contributed by atoms with Crippen LogP contribution in [0.3, 0.4) is 0 Å². The quantitative estimate of drug-likeness (QED) is 0.635. The maximum atomic E-state index is 4.67. The number of aryl methyl sites for hydroxylation is 1. The maximum Gasteiger partial charge on any atom is 0.191 e. The van der Waals surface area contributed by atoms with E-state index < -0.39 is 0 Å². The number of nitrogens with zero attached hydrogens (tertiary/aromatic N) is 4. The van der Waals surface area contributed by atoms with E-state index in [0.717, 1.165) is 43.5 Å². The second-order valence-corrected chi connectivity index (χ2v) is 8.09. The highest BCUT2D eigenvalue weighted by atomic mass is 15.4. The van der Waals surface area contributed by atoms with Crippen molar-refractivity contribution in [2.45, 2.75) is 84.2 Å². The summed E-state index contributed by atoms with van der Waals surface area (Å²) in [7, 11) is 1.86. The van der Waals surface area contributed by atoms with Crippen LogP contribution in [0, 0.1) is 5.41 Å². The van der Waals surface area contributed by atoms with Crippen molar-refractivity contribution in [1.82, 2.24) is 25.4 Å². The number of nitrogens with one attached hydrogen (secondary N) is 2. The molecule has 1 aromatic heterocycles. The van der Waals surface area contributed by atoms with Crippen LogP contribution in [0.25, 0.3) is 0 Å². The van der Waals surface area contributed by atoms with Gasteiger partial charge < -0.3 is 10.6 Å². The molecule has 0 saturated heterocycles. The highest BCUT2D eigenvalue weighted by molar-refractivity contribution is 5.80. The number of hydrogen-bond donors (Lipinski definition) is 2. The summed E-state index contributed by atoms with van der Waals surface area (Å²) < 4.78 is 2.08. The minimum Gasteiger partial charge on any atom is -0.356 e. The van der Waals surface area contributed by atoms with Gasteiger partial charge in [-0.15, -0.1) is 0 Å². The molecular weight excluding hydrogens is 312 g/mol. The van der Waals surface area contributed by atoms with Gasteiger partial charge in [0.2, 0.25) is 0 Å². The number of fused-ring (bicyclic) bond motifs is 1. The molecule has 1 saturated carbocycles. The molecule has 140 valence electrons. The SMILES string of the molecule is CCC1(CNC(=NC)NC2CCc3nc(C(C)C)nn3C2)CCCC1. The van der Waals surface area contributed by atoms with E-state index in [1.807, 2.05) is 7.05 Å². The van der Waals surface area contributed by atoms with Crippen molar-refractivity contribution in [2.75, 3.05) is 13.6 Å². The first-order chi connectivity index (χ1) is 12.0. The molecular formula is C19H34N6. The smallest absolute Gasteiger partial charge is 0.191 e. The van der Waals surface area contributed by atoms with Gasteiger partial charge in [-0.25, -0.2) is 9.67 Å². The third-order valence-corrected chi connectivity index (χ3v) is 6.00. The lowest BCUT2D eigenvalue weighted by atomic mass is 9.83. The first-order valence-electron chi connectivity index (χ1n) is 9.96. The van der Waals surface area contributed by atoms with E-state index in [4.69, 9.17) is 0 Å². The fraction of sp³-hybridized carbons (Fsp3) is 0.842. The van der Waals surface area contributed by atoms with E-state index in [-0.39, 0.29) is 0 Å². The number of aliphatic imine (C=N–C) groups is 1. The summed E-state index contributed by atoms with van der Waals surface area (Å²) in [5.41, 5.74) is 0.468. The fourth-order valence-corrected chi connectivity index (χ4v) is 4.13. The Kier molecular flexibility index (Phi) is 5.64. The summed E-state index contributed by atoms with van der Waals surface area (Å²) in [6.07, 6.45) is 8.74. The van der Waals surface area contributed by atoms with Crippen LogP contribution in [-0.4, -0.2) is 40.4 Å². The second-order valence-electron chi connectivity index (χ2n) is 8.09. The van der Waals surface area contributed by atoms with Crippen molar-refractivity contribution in [2.24, 2.45) is 10.4 Å². The van der Waals surface area contributed by atoms with Crippen LogP contribution in [-0.2, 0) is 13.0 Å². The molecule has 2 aliphatic rings. The largest absolute Gasteiger partial charge is 0.356 e. The Morgan fingerprint density at radius 2 is 2.12 bits per heavy atom. The Balaban J connectivity index is 1.55. The highest BCUT2D eigenvalue weighted by Gasteiger charge is 2.32. The van der Waals surface area contributed by atoms with Gasteiger partial charge >= 0.3 is 0 Å². The van der Waals surface area contributed by atoms with Crippen LogP contribution in [0.1, 0.15) is 76.9 Å². The predicted octanol–water partition coefficient (Wildman–Crippen LogP) is 2.85. The fourth-order valence-electron chi connectivity index (χ4n) is 4.13. The van der Waals surface area contributed by atoms with E-state index in [1.165, 1.54) is 32.1 Å². The van der Waals surface area contributed by atoms with E-state index >= 15 is 0 Å². The van der Waals surface area contributed by atoms with E-state index in [0.29, 0.717) is 17.4 Å². The molecule has 2 N–H and O–H groups in total. The molecule has 1 atom stereocenters. The zero-order valence-corrected chi connectivity index (χ0v) is 16.3. The molecule has 0 aromatic carbocycles. The highest BCUT2D eigenvalue weighted by Crippen LogP contribution is 2.40. The van der Waals surface area contributed by atoms with Gasteiger partial charge in [-0.2, -0.15) is 5.10 Å². The lowest BCUT2D eigenvalue weighted by Gasteiger charge is -2.30. The topological polar surface area (TPSA) is 67.1 Å². The molecule has 3 rings (SSSR count). The van der Waals surface area contributed by atoms with Gasteiger partial charge in [-0.1, -0.05) is 33.6 Å². The summed E-state index contributed by atoms with van der Waals surface area (Å²) in [4.78, 5) is 9.12. The average Bonchev–Trinajstić information content (AvgIpc) is 3.25. The molecule has 1 aromatic rings. The van der Waals surface area contributed by atoms with Crippen LogP contribution in [0.2, 0.25) is 0 Å².